The summed E-state index contributed by atoms with van der Waals surface area (Å²) < 4.78 is 7.06. The van der Waals surface area contributed by atoms with Crippen LogP contribution < -0.4 is 5.73 Å². The van der Waals surface area contributed by atoms with E-state index < -0.39 is 0 Å². The number of nitrogens with two attached hydrogens (primary N) is 1. The molecular weight excluding hydrogens is 430 g/mol. The molecule has 0 bridgehead atoms. The zero-order valence-corrected chi connectivity index (χ0v) is 17.7. The van der Waals surface area contributed by atoms with E-state index in [1.165, 1.54) is 16.0 Å². The Bertz CT molecular complexity index is 927. The van der Waals surface area contributed by atoms with Crippen molar-refractivity contribution in [3.8, 4) is 0 Å². The molecule has 136 valence electrons. The second kappa shape index (κ2) is 7.84. The minimum atomic E-state index is 0.288. The van der Waals surface area contributed by atoms with E-state index in [2.05, 4.69) is 40.0 Å². The van der Waals surface area contributed by atoms with Crippen molar-refractivity contribution in [3.05, 3.63) is 44.7 Å². The largest absolute Gasteiger partial charge is 0.383 e. The van der Waals surface area contributed by atoms with Gasteiger partial charge >= 0.3 is 0 Å². The second-order valence-corrected chi connectivity index (χ2v) is 9.36. The molecule has 1 atom stereocenters. The summed E-state index contributed by atoms with van der Waals surface area (Å²) >= 11 is 6.78. The number of thiophene rings is 1. The molecule has 0 spiro atoms. The van der Waals surface area contributed by atoms with Crippen LogP contribution in [-0.4, -0.2) is 16.1 Å². The van der Waals surface area contributed by atoms with Gasteiger partial charge in [0.25, 0.3) is 0 Å². The van der Waals surface area contributed by atoms with Gasteiger partial charge in [-0.05, 0) is 29.7 Å². The number of aromatic nitrogens is 2. The van der Waals surface area contributed by atoms with Crippen LogP contribution >= 0.6 is 39.0 Å². The molecule has 0 radical (unpaired) electrons. The number of hydrogen-bond acceptors (Lipinski definition) is 6. The van der Waals surface area contributed by atoms with Gasteiger partial charge in [-0.25, -0.2) is 9.97 Å². The molecule has 0 saturated heterocycles. The first-order valence-corrected chi connectivity index (χ1v) is 11.3. The van der Waals surface area contributed by atoms with Crippen molar-refractivity contribution in [1.82, 2.24) is 9.97 Å². The van der Waals surface area contributed by atoms with Gasteiger partial charge in [0.05, 0.1) is 18.1 Å². The Labute approximate surface area is 169 Å². The van der Waals surface area contributed by atoms with Crippen molar-refractivity contribution in [1.29, 1.82) is 0 Å². The molecule has 2 N–H and O–H groups in total. The van der Waals surface area contributed by atoms with Crippen LogP contribution in [0.5, 0.6) is 0 Å². The Morgan fingerprint density at radius 3 is 2.88 bits per heavy atom. The van der Waals surface area contributed by atoms with Gasteiger partial charge in [0, 0.05) is 21.5 Å². The third kappa shape index (κ3) is 3.76. The lowest BCUT2D eigenvalue weighted by Gasteiger charge is -2.22. The molecule has 3 aromatic rings. The minimum absolute atomic E-state index is 0.288. The number of nitrogen functional groups attached to an aromatic ring is 1. The fraction of sp³-hybridized carbons (Fsp3) is 0.368. The number of fused-ring (bicyclic) bond motifs is 3. The van der Waals surface area contributed by atoms with Gasteiger partial charge < -0.3 is 10.5 Å². The molecule has 4 nitrogen and oxygen atoms in total. The van der Waals surface area contributed by atoms with Gasteiger partial charge in [0.2, 0.25) is 0 Å². The summed E-state index contributed by atoms with van der Waals surface area (Å²) in [6, 6.07) is 8.31. The molecule has 0 fully saturated rings. The molecule has 0 aliphatic carbocycles. The lowest BCUT2D eigenvalue weighted by atomic mass is 10.0. The third-order valence-electron chi connectivity index (χ3n) is 4.52. The van der Waals surface area contributed by atoms with Crippen LogP contribution in [0.25, 0.3) is 10.2 Å². The fourth-order valence-electron chi connectivity index (χ4n) is 3.22. The second-order valence-electron chi connectivity index (χ2n) is 6.42. The van der Waals surface area contributed by atoms with Crippen LogP contribution in [0.3, 0.4) is 0 Å². The van der Waals surface area contributed by atoms with Crippen molar-refractivity contribution in [2.75, 3.05) is 5.73 Å². The molecule has 1 unspecified atom stereocenters. The molecule has 0 saturated carbocycles. The topological polar surface area (TPSA) is 61.0 Å². The van der Waals surface area contributed by atoms with Gasteiger partial charge in [-0.15, -0.1) is 11.3 Å². The fourth-order valence-corrected chi connectivity index (χ4v) is 5.48. The lowest BCUT2D eigenvalue weighted by Crippen LogP contribution is -2.21. The first-order chi connectivity index (χ1) is 12.6. The Morgan fingerprint density at radius 2 is 2.12 bits per heavy atom. The van der Waals surface area contributed by atoms with E-state index in [1.54, 1.807) is 23.1 Å². The van der Waals surface area contributed by atoms with Gasteiger partial charge in [-0.2, -0.15) is 0 Å². The highest BCUT2D eigenvalue weighted by Gasteiger charge is 2.25. The van der Waals surface area contributed by atoms with Crippen LogP contribution in [0.4, 0.5) is 5.82 Å². The smallest absolute Gasteiger partial charge is 0.191 e. The molecular formula is C19H20BrN3OS2. The van der Waals surface area contributed by atoms with Gasteiger partial charge in [0.15, 0.2) is 5.16 Å². The first-order valence-electron chi connectivity index (χ1n) is 8.70. The summed E-state index contributed by atoms with van der Waals surface area (Å²) in [5.41, 5.74) is 8.87. The Morgan fingerprint density at radius 1 is 1.31 bits per heavy atom. The highest BCUT2D eigenvalue weighted by atomic mass is 79.9. The molecule has 1 aliphatic heterocycles. The average molecular weight is 450 g/mol. The molecule has 2 aromatic heterocycles. The van der Waals surface area contributed by atoms with E-state index in [0.29, 0.717) is 12.4 Å². The predicted molar refractivity (Wildman–Crippen MR) is 113 cm³/mol. The van der Waals surface area contributed by atoms with Crippen molar-refractivity contribution in [2.24, 2.45) is 0 Å². The molecule has 3 heterocycles. The van der Waals surface area contributed by atoms with E-state index in [0.717, 1.165) is 44.9 Å². The van der Waals surface area contributed by atoms with Crippen LogP contribution in [-0.2, 0) is 23.5 Å². The highest BCUT2D eigenvalue weighted by molar-refractivity contribution is 9.10. The summed E-state index contributed by atoms with van der Waals surface area (Å²) in [5.74, 6) is 1.42. The van der Waals surface area contributed by atoms with E-state index in [4.69, 9.17) is 15.5 Å². The Kier molecular flexibility index (Phi) is 5.50. The average Bonchev–Trinajstić information content (AvgIpc) is 3.00. The SMILES string of the molecule is CCCC1Cc2c(sc3nc(SCc4ccc(Br)cc4)nc(N)c23)CO1. The summed E-state index contributed by atoms with van der Waals surface area (Å²) in [5, 5.41) is 1.78. The van der Waals surface area contributed by atoms with Crippen LogP contribution in [0.1, 0.15) is 35.8 Å². The quantitative estimate of drug-likeness (QED) is 0.407. The maximum absolute atomic E-state index is 6.33. The van der Waals surface area contributed by atoms with Gasteiger partial charge in [0.1, 0.15) is 10.6 Å². The van der Waals surface area contributed by atoms with E-state index in [1.807, 2.05) is 12.1 Å². The molecule has 0 amide bonds. The number of nitrogens with zero attached hydrogens (tertiary/aromatic N) is 2. The lowest BCUT2D eigenvalue weighted by molar-refractivity contribution is 0.0254. The first kappa shape index (κ1) is 18.2. The normalized spacial score (nSPS) is 16.8. The van der Waals surface area contributed by atoms with E-state index >= 15 is 0 Å². The van der Waals surface area contributed by atoms with Crippen molar-refractivity contribution in [3.63, 3.8) is 0 Å². The van der Waals surface area contributed by atoms with Crippen molar-refractivity contribution in [2.45, 2.75) is 49.8 Å². The number of halogens is 1. The monoisotopic (exact) mass is 449 g/mol. The molecule has 4 rings (SSSR count). The van der Waals surface area contributed by atoms with Crippen LogP contribution in [0.15, 0.2) is 33.9 Å². The van der Waals surface area contributed by atoms with Crippen molar-refractivity contribution >= 4 is 55.1 Å². The number of rotatable bonds is 5. The molecule has 1 aliphatic rings. The maximum atomic E-state index is 6.33. The molecule has 7 heteroatoms. The zero-order valence-electron chi connectivity index (χ0n) is 14.5. The van der Waals surface area contributed by atoms with Gasteiger partial charge in [-0.1, -0.05) is 53.2 Å². The van der Waals surface area contributed by atoms with Crippen molar-refractivity contribution < 1.29 is 4.74 Å². The van der Waals surface area contributed by atoms with E-state index in [9.17, 15) is 0 Å². The maximum Gasteiger partial charge on any atom is 0.191 e. The Balaban J connectivity index is 1.58. The third-order valence-corrected chi connectivity index (χ3v) is 7.06. The summed E-state index contributed by atoms with van der Waals surface area (Å²) in [4.78, 5) is 11.6. The number of hydrogen-bond donors (Lipinski definition) is 1. The standard InChI is InChI=1S/C19H20BrN3OS2/c1-2-3-13-8-14-15(9-24-13)26-18-16(14)17(21)22-19(23-18)25-10-11-4-6-12(20)7-5-11/h4-7,13H,2-3,8-10H2,1H3,(H2,21,22,23). The molecule has 1 aromatic carbocycles. The highest BCUT2D eigenvalue weighted by Crippen LogP contribution is 2.39. The number of ether oxygens (including phenoxy) is 1. The predicted octanol–water partition coefficient (Wildman–Crippen LogP) is 5.57. The minimum Gasteiger partial charge on any atom is -0.383 e. The van der Waals surface area contributed by atoms with E-state index in [-0.39, 0.29) is 6.10 Å². The Hall–Kier alpha value is -1.15. The molecule has 26 heavy (non-hydrogen) atoms. The zero-order chi connectivity index (χ0) is 18.1. The summed E-state index contributed by atoms with van der Waals surface area (Å²) in [6.07, 6.45) is 3.42. The number of anilines is 1. The summed E-state index contributed by atoms with van der Waals surface area (Å²) in [7, 11) is 0. The summed E-state index contributed by atoms with van der Waals surface area (Å²) in [6.45, 7) is 2.86. The van der Waals surface area contributed by atoms with Gasteiger partial charge in [-0.3, -0.25) is 0 Å². The number of thioether (sulfide) groups is 1. The number of benzene rings is 1. The van der Waals surface area contributed by atoms with Crippen LogP contribution in [0, 0.1) is 0 Å². The van der Waals surface area contributed by atoms with Crippen LogP contribution in [0.2, 0.25) is 0 Å².